The lowest BCUT2D eigenvalue weighted by atomic mass is 9.90. The summed E-state index contributed by atoms with van der Waals surface area (Å²) < 4.78 is 1.92. The minimum atomic E-state index is -0.466. The molecule has 0 unspecified atom stereocenters. The third-order valence-electron chi connectivity index (χ3n) is 4.87. The molecule has 0 saturated carbocycles. The van der Waals surface area contributed by atoms with Crippen LogP contribution in [0.2, 0.25) is 0 Å². The van der Waals surface area contributed by atoms with Gasteiger partial charge in [0.25, 0.3) is 0 Å². The summed E-state index contributed by atoms with van der Waals surface area (Å²) in [7, 11) is 1.94. The van der Waals surface area contributed by atoms with Gasteiger partial charge in [-0.2, -0.15) is 0 Å². The van der Waals surface area contributed by atoms with Gasteiger partial charge >= 0.3 is 0 Å². The van der Waals surface area contributed by atoms with E-state index in [4.69, 9.17) is 4.98 Å². The van der Waals surface area contributed by atoms with Gasteiger partial charge in [-0.25, -0.2) is 9.97 Å². The third-order valence-corrected chi connectivity index (χ3v) is 6.80. The molecule has 1 aliphatic rings. The van der Waals surface area contributed by atoms with E-state index in [9.17, 15) is 5.11 Å². The zero-order valence-corrected chi connectivity index (χ0v) is 15.8. The maximum absolute atomic E-state index is 10.6. The molecule has 0 bridgehead atoms. The smallest absolute Gasteiger partial charge is 0.137 e. The third kappa shape index (κ3) is 3.69. The van der Waals surface area contributed by atoms with Gasteiger partial charge in [0.2, 0.25) is 0 Å². The number of aromatic nitrogens is 3. The maximum Gasteiger partial charge on any atom is 0.137 e. The van der Waals surface area contributed by atoms with Crippen LogP contribution in [-0.2, 0) is 13.6 Å². The van der Waals surface area contributed by atoms with Gasteiger partial charge in [-0.3, -0.25) is 4.90 Å². The van der Waals surface area contributed by atoms with E-state index in [1.165, 1.54) is 4.88 Å². The first kappa shape index (κ1) is 16.9. The van der Waals surface area contributed by atoms with Gasteiger partial charge in [0.15, 0.2) is 0 Å². The maximum atomic E-state index is 10.6. The highest BCUT2D eigenvalue weighted by atomic mass is 32.1. The van der Waals surface area contributed by atoms with E-state index >= 15 is 0 Å². The lowest BCUT2D eigenvalue weighted by Gasteiger charge is -2.33. The highest BCUT2D eigenvalue weighted by Crippen LogP contribution is 2.31. The van der Waals surface area contributed by atoms with Crippen LogP contribution in [0.25, 0.3) is 9.88 Å². The molecule has 0 aliphatic carbocycles. The molecule has 1 N–H and O–H groups in total. The van der Waals surface area contributed by atoms with Crippen molar-refractivity contribution in [1.82, 2.24) is 19.4 Å². The van der Waals surface area contributed by atoms with Crippen molar-refractivity contribution >= 4 is 22.7 Å². The van der Waals surface area contributed by atoms with Crippen molar-refractivity contribution in [3.63, 3.8) is 0 Å². The molecule has 4 heterocycles. The number of piperidine rings is 1. The lowest BCUT2D eigenvalue weighted by molar-refractivity contribution is 0.0489. The van der Waals surface area contributed by atoms with Crippen LogP contribution < -0.4 is 0 Å². The number of aliphatic hydroxyl groups is 1. The normalized spacial score (nSPS) is 17.8. The van der Waals surface area contributed by atoms with E-state index in [0.29, 0.717) is 0 Å². The summed E-state index contributed by atoms with van der Waals surface area (Å²) in [5, 5.41) is 16.0. The second kappa shape index (κ2) is 7.37. The van der Waals surface area contributed by atoms with Crippen molar-refractivity contribution in [2.45, 2.75) is 25.5 Å². The molecular weight excluding hydrogens is 352 g/mol. The van der Waals surface area contributed by atoms with Crippen molar-refractivity contribution < 1.29 is 5.11 Å². The fourth-order valence-corrected chi connectivity index (χ4v) is 5.05. The van der Waals surface area contributed by atoms with Crippen LogP contribution in [0.15, 0.2) is 35.3 Å². The molecular formula is C18H22N4OS2. The molecule has 3 aromatic rings. The second-order valence-corrected chi connectivity index (χ2v) is 8.38. The predicted molar refractivity (Wildman–Crippen MR) is 102 cm³/mol. The zero-order chi connectivity index (χ0) is 17.2. The summed E-state index contributed by atoms with van der Waals surface area (Å²) in [6, 6.07) is 4.19. The molecule has 1 aliphatic heterocycles. The topological polar surface area (TPSA) is 54.2 Å². The van der Waals surface area contributed by atoms with E-state index in [1.54, 1.807) is 28.9 Å². The molecule has 4 rings (SSSR count). The Kier molecular flexibility index (Phi) is 4.98. The largest absolute Gasteiger partial charge is 0.385 e. The van der Waals surface area contributed by atoms with Crippen LogP contribution in [0.3, 0.4) is 0 Å². The van der Waals surface area contributed by atoms with Crippen molar-refractivity contribution in [1.29, 1.82) is 0 Å². The lowest BCUT2D eigenvalue weighted by Crippen LogP contribution is -2.35. The van der Waals surface area contributed by atoms with Crippen LogP contribution >= 0.6 is 22.7 Å². The Morgan fingerprint density at radius 3 is 2.84 bits per heavy atom. The van der Waals surface area contributed by atoms with Gasteiger partial charge in [-0.15, -0.1) is 22.7 Å². The summed E-state index contributed by atoms with van der Waals surface area (Å²) in [6.07, 6.45) is 5.17. The minimum Gasteiger partial charge on any atom is -0.385 e. The molecule has 1 fully saturated rings. The summed E-state index contributed by atoms with van der Waals surface area (Å²) in [5.41, 5.74) is 1.15. The zero-order valence-electron chi connectivity index (χ0n) is 14.2. The number of hydrogen-bond donors (Lipinski definition) is 1. The van der Waals surface area contributed by atoms with Crippen molar-refractivity contribution in [2.24, 2.45) is 13.0 Å². The quantitative estimate of drug-likeness (QED) is 0.742. The van der Waals surface area contributed by atoms with Crippen LogP contribution in [0, 0.1) is 5.92 Å². The van der Waals surface area contributed by atoms with Gasteiger partial charge in [0, 0.05) is 31.4 Å². The number of aryl methyl sites for hydroxylation is 1. The van der Waals surface area contributed by atoms with Crippen LogP contribution in [0.5, 0.6) is 0 Å². The minimum absolute atomic E-state index is 0.287. The van der Waals surface area contributed by atoms with E-state index in [0.717, 1.165) is 49.0 Å². The van der Waals surface area contributed by atoms with Crippen LogP contribution in [0.1, 0.15) is 30.5 Å². The molecule has 0 radical (unpaired) electrons. The van der Waals surface area contributed by atoms with E-state index in [2.05, 4.69) is 32.8 Å². The summed E-state index contributed by atoms with van der Waals surface area (Å²) in [4.78, 5) is 12.8. The van der Waals surface area contributed by atoms with Gasteiger partial charge in [0.1, 0.15) is 16.9 Å². The number of likely N-dealkylation sites (tertiary alicyclic amines) is 1. The van der Waals surface area contributed by atoms with Crippen molar-refractivity contribution in [2.75, 3.05) is 13.1 Å². The Balaban J connectivity index is 1.33. The summed E-state index contributed by atoms with van der Waals surface area (Å²) >= 11 is 3.46. The first-order chi connectivity index (χ1) is 12.2. The Hall–Kier alpha value is -1.54. The average Bonchev–Trinajstić information content (AvgIpc) is 3.36. The molecule has 1 saturated heterocycles. The number of imidazole rings is 1. The number of aliphatic hydroxyl groups excluding tert-OH is 1. The molecule has 1 atom stereocenters. The Labute approximate surface area is 155 Å². The molecule has 0 amide bonds. The number of thiazole rings is 1. The standard InChI is InChI=1S/C18H22N4OS2/c1-21-9-6-19-17(21)16(23)13-4-7-22(8-5-13)11-14-12-25-18(20-14)15-3-2-10-24-15/h2-3,6,9-10,12-13,16,23H,4-5,7-8,11H2,1H3/t16-/m0/s1. The Morgan fingerprint density at radius 1 is 1.32 bits per heavy atom. The molecule has 0 spiro atoms. The predicted octanol–water partition coefficient (Wildman–Crippen LogP) is 3.55. The van der Waals surface area contributed by atoms with E-state index in [-0.39, 0.29) is 5.92 Å². The number of nitrogens with zero attached hydrogens (tertiary/aromatic N) is 4. The fraction of sp³-hybridized carbons (Fsp3) is 0.444. The fourth-order valence-electron chi connectivity index (χ4n) is 3.42. The van der Waals surface area contributed by atoms with Gasteiger partial charge < -0.3 is 9.67 Å². The number of hydrogen-bond acceptors (Lipinski definition) is 6. The molecule has 3 aromatic heterocycles. The number of thiophene rings is 1. The molecule has 132 valence electrons. The second-order valence-electron chi connectivity index (χ2n) is 6.58. The van der Waals surface area contributed by atoms with Crippen molar-refractivity contribution in [3.05, 3.63) is 46.8 Å². The summed E-state index contributed by atoms with van der Waals surface area (Å²) in [5.74, 6) is 1.06. The van der Waals surface area contributed by atoms with Crippen LogP contribution in [0.4, 0.5) is 0 Å². The van der Waals surface area contributed by atoms with Crippen LogP contribution in [-0.4, -0.2) is 37.6 Å². The van der Waals surface area contributed by atoms with Gasteiger partial charge in [-0.1, -0.05) is 6.07 Å². The number of rotatable bonds is 5. The Bertz CT molecular complexity index is 803. The molecule has 5 nitrogen and oxygen atoms in total. The van der Waals surface area contributed by atoms with Crippen molar-refractivity contribution in [3.8, 4) is 9.88 Å². The molecule has 0 aromatic carbocycles. The monoisotopic (exact) mass is 374 g/mol. The highest BCUT2D eigenvalue weighted by Gasteiger charge is 2.28. The van der Waals surface area contributed by atoms with Gasteiger partial charge in [-0.05, 0) is 43.3 Å². The summed E-state index contributed by atoms with van der Waals surface area (Å²) in [6.45, 7) is 2.89. The SMILES string of the molecule is Cn1ccnc1[C@@H](O)C1CCN(Cc2csc(-c3cccs3)n2)CC1. The molecule has 7 heteroatoms. The van der Waals surface area contributed by atoms with Gasteiger partial charge in [0.05, 0.1) is 10.6 Å². The highest BCUT2D eigenvalue weighted by molar-refractivity contribution is 7.20. The first-order valence-electron chi connectivity index (χ1n) is 8.56. The molecule has 25 heavy (non-hydrogen) atoms. The van der Waals surface area contributed by atoms with E-state index < -0.39 is 6.10 Å². The first-order valence-corrected chi connectivity index (χ1v) is 10.3. The Morgan fingerprint density at radius 2 is 2.16 bits per heavy atom. The van der Waals surface area contributed by atoms with E-state index in [1.807, 2.05) is 17.8 Å². The average molecular weight is 375 g/mol.